The van der Waals surface area contributed by atoms with Gasteiger partial charge in [0.25, 0.3) is 6.47 Å². The van der Waals surface area contributed by atoms with E-state index in [9.17, 15) is 19.8 Å². The molecule has 2 saturated heterocycles. The number of carbonyl (C=O) groups excluding carboxylic acids is 2. The lowest BCUT2D eigenvalue weighted by Crippen LogP contribution is -2.61. The number of aliphatic hydroxyl groups excluding tert-OH is 2. The predicted octanol–water partition coefficient (Wildman–Crippen LogP) is 0.640. The number of fused-ring (bicyclic) bond motifs is 2. The summed E-state index contributed by atoms with van der Waals surface area (Å²) in [6.07, 6.45) is -4.04. The number of carbonyl (C=O) groups is 2. The first-order chi connectivity index (χ1) is 14.5. The molecular weight excluding hydrogens is 408 g/mol. The maximum Gasteiger partial charge on any atom is 0.293 e. The molecule has 9 heteroatoms. The molecule has 31 heavy (non-hydrogen) atoms. The summed E-state index contributed by atoms with van der Waals surface area (Å²) in [7, 11) is 2.96. The maximum atomic E-state index is 12.3. The second kappa shape index (κ2) is 7.20. The smallest absolute Gasteiger partial charge is 0.293 e. The Morgan fingerprint density at radius 2 is 1.84 bits per heavy atom. The molecule has 2 heterocycles. The van der Waals surface area contributed by atoms with Gasteiger partial charge in [-0.1, -0.05) is 27.7 Å². The van der Waals surface area contributed by atoms with Gasteiger partial charge in [-0.3, -0.25) is 4.79 Å². The molecule has 2 N–H and O–H groups in total. The van der Waals surface area contributed by atoms with E-state index in [0.29, 0.717) is 19.2 Å². The first-order valence-electron chi connectivity index (χ1n) is 10.8. The molecule has 8 unspecified atom stereocenters. The van der Waals surface area contributed by atoms with Crippen molar-refractivity contribution < 1.29 is 43.5 Å². The molecule has 4 rings (SSSR count). The van der Waals surface area contributed by atoms with Crippen molar-refractivity contribution in [2.75, 3.05) is 14.2 Å². The van der Waals surface area contributed by atoms with Gasteiger partial charge < -0.3 is 38.7 Å². The Morgan fingerprint density at radius 3 is 2.35 bits per heavy atom. The van der Waals surface area contributed by atoms with Crippen LogP contribution >= 0.6 is 0 Å². The average molecular weight is 443 g/mol. The topological polar surface area (TPSA) is 121 Å². The Labute approximate surface area is 182 Å². The number of hydrogen-bond acceptors (Lipinski definition) is 9. The Kier molecular flexibility index (Phi) is 5.36. The molecule has 2 aliphatic carbocycles. The van der Waals surface area contributed by atoms with E-state index in [1.807, 2.05) is 27.7 Å². The van der Waals surface area contributed by atoms with Gasteiger partial charge in [-0.25, -0.2) is 0 Å². The molecule has 0 aromatic carbocycles. The molecule has 0 bridgehead atoms. The van der Waals surface area contributed by atoms with Crippen molar-refractivity contribution in [3.63, 3.8) is 0 Å². The van der Waals surface area contributed by atoms with Crippen molar-refractivity contribution in [3.05, 3.63) is 0 Å². The van der Waals surface area contributed by atoms with Crippen molar-refractivity contribution in [1.29, 1.82) is 0 Å². The third-order valence-electron chi connectivity index (χ3n) is 8.89. The first-order valence-corrected chi connectivity index (χ1v) is 10.8. The van der Waals surface area contributed by atoms with E-state index in [0.717, 1.165) is 0 Å². The molecule has 176 valence electrons. The highest BCUT2D eigenvalue weighted by molar-refractivity contribution is 5.60. The van der Waals surface area contributed by atoms with E-state index < -0.39 is 59.3 Å². The van der Waals surface area contributed by atoms with Crippen molar-refractivity contribution in [2.45, 2.75) is 83.1 Å². The highest BCUT2D eigenvalue weighted by Crippen LogP contribution is 2.77. The van der Waals surface area contributed by atoms with E-state index in [4.69, 9.17) is 23.7 Å². The molecule has 0 amide bonds. The second-order valence-electron chi connectivity index (χ2n) is 10.6. The van der Waals surface area contributed by atoms with Crippen LogP contribution in [0.25, 0.3) is 0 Å². The van der Waals surface area contributed by atoms with E-state index in [2.05, 4.69) is 0 Å². The Hall–Kier alpha value is -1.10. The van der Waals surface area contributed by atoms with Gasteiger partial charge in [0.2, 0.25) is 0 Å². The molecule has 2 saturated carbocycles. The van der Waals surface area contributed by atoms with Crippen LogP contribution in [-0.2, 0) is 33.3 Å². The van der Waals surface area contributed by atoms with Crippen molar-refractivity contribution >= 4 is 12.8 Å². The van der Waals surface area contributed by atoms with E-state index in [1.54, 1.807) is 0 Å². The van der Waals surface area contributed by atoms with Crippen LogP contribution in [0.2, 0.25) is 0 Å². The monoisotopic (exact) mass is 442 g/mol. The van der Waals surface area contributed by atoms with Gasteiger partial charge in [-0.15, -0.1) is 0 Å². The molecule has 0 radical (unpaired) electrons. The summed E-state index contributed by atoms with van der Waals surface area (Å²) in [5, 5.41) is 22.0. The zero-order valence-corrected chi connectivity index (χ0v) is 18.9. The summed E-state index contributed by atoms with van der Waals surface area (Å²) in [4.78, 5) is 23.9. The highest BCUT2D eigenvalue weighted by atomic mass is 16.7. The molecule has 2 aliphatic heterocycles. The van der Waals surface area contributed by atoms with Crippen LogP contribution in [-0.4, -0.2) is 79.8 Å². The molecule has 4 fully saturated rings. The second-order valence-corrected chi connectivity index (χ2v) is 10.6. The highest BCUT2D eigenvalue weighted by Gasteiger charge is 2.88. The van der Waals surface area contributed by atoms with Crippen LogP contribution in [0.3, 0.4) is 0 Å². The fourth-order valence-electron chi connectivity index (χ4n) is 7.84. The lowest BCUT2D eigenvalue weighted by Gasteiger charge is -2.50. The summed E-state index contributed by atoms with van der Waals surface area (Å²) in [6.45, 7) is 8.30. The Bertz CT molecular complexity index is 737. The fraction of sp³-hybridized carbons (Fsp3) is 0.909. The van der Waals surface area contributed by atoms with Gasteiger partial charge in [0, 0.05) is 20.1 Å². The molecular formula is C22H34O9. The summed E-state index contributed by atoms with van der Waals surface area (Å²) in [5.74, 6) is -0.759. The molecule has 11 atom stereocenters. The van der Waals surface area contributed by atoms with E-state index >= 15 is 0 Å². The Balaban J connectivity index is 2.01. The number of hydrogen-bond donors (Lipinski definition) is 2. The van der Waals surface area contributed by atoms with Crippen LogP contribution in [0.15, 0.2) is 0 Å². The van der Waals surface area contributed by atoms with Gasteiger partial charge in [0.05, 0.1) is 16.9 Å². The molecule has 9 nitrogen and oxygen atoms in total. The minimum absolute atomic E-state index is 0.281. The van der Waals surface area contributed by atoms with Crippen LogP contribution in [0, 0.1) is 28.1 Å². The van der Waals surface area contributed by atoms with Crippen molar-refractivity contribution in [3.8, 4) is 0 Å². The van der Waals surface area contributed by atoms with Gasteiger partial charge in [0.1, 0.15) is 30.2 Å². The minimum atomic E-state index is -1.37. The number of aldehydes is 1. The van der Waals surface area contributed by atoms with Gasteiger partial charge >= 0.3 is 0 Å². The molecule has 1 spiro atoms. The lowest BCUT2D eigenvalue weighted by molar-refractivity contribution is -0.225. The standard InChI is InChI=1S/C22H34O9/c1-11-16(25)30-14-8-20-13(29-10-24)7-12(19(2,3)4)21(20,15(9-23)27-5)18(26)31-17(20)22(11,14)28-6/h9-18,25-26H,7-8H2,1-6H3/t11-,12+,13?,14?,15+,16?,17?,18?,20?,21?,22?/m1/s1. The summed E-state index contributed by atoms with van der Waals surface area (Å²) < 4.78 is 29.5. The van der Waals surface area contributed by atoms with Gasteiger partial charge in [-0.2, -0.15) is 0 Å². The predicted molar refractivity (Wildman–Crippen MR) is 106 cm³/mol. The van der Waals surface area contributed by atoms with Gasteiger partial charge in [0.15, 0.2) is 12.6 Å². The van der Waals surface area contributed by atoms with E-state index in [-0.39, 0.29) is 17.8 Å². The summed E-state index contributed by atoms with van der Waals surface area (Å²) >= 11 is 0. The lowest BCUT2D eigenvalue weighted by atomic mass is 9.53. The van der Waals surface area contributed by atoms with Crippen LogP contribution in [0.5, 0.6) is 0 Å². The quantitative estimate of drug-likeness (QED) is 0.571. The third kappa shape index (κ3) is 2.42. The van der Waals surface area contributed by atoms with E-state index in [1.165, 1.54) is 14.2 Å². The number of methoxy groups -OCH3 is 2. The maximum absolute atomic E-state index is 12.3. The average Bonchev–Trinajstić information content (AvgIpc) is 3.31. The zero-order chi connectivity index (χ0) is 23.0. The van der Waals surface area contributed by atoms with Crippen LogP contribution in [0.4, 0.5) is 0 Å². The molecule has 0 aromatic rings. The molecule has 0 aromatic heterocycles. The van der Waals surface area contributed by atoms with Crippen molar-refractivity contribution in [1.82, 2.24) is 0 Å². The number of ether oxygens (including phenoxy) is 5. The van der Waals surface area contributed by atoms with Crippen molar-refractivity contribution in [2.24, 2.45) is 28.1 Å². The largest absolute Gasteiger partial charge is 0.464 e. The van der Waals surface area contributed by atoms with Gasteiger partial charge in [-0.05, 0) is 24.2 Å². The van der Waals surface area contributed by atoms with Crippen LogP contribution in [0.1, 0.15) is 40.5 Å². The fourth-order valence-corrected chi connectivity index (χ4v) is 7.84. The number of rotatable bonds is 6. The minimum Gasteiger partial charge on any atom is -0.464 e. The number of aliphatic hydroxyl groups is 2. The summed E-state index contributed by atoms with van der Waals surface area (Å²) in [5.41, 5.74) is -3.68. The summed E-state index contributed by atoms with van der Waals surface area (Å²) in [6, 6.07) is 0. The third-order valence-corrected chi connectivity index (χ3v) is 8.89. The SMILES string of the molecule is CO[C@@H](C=O)C12C(O)OC3C4(OC)C(CC31C(OC=O)C[C@H]2C(C)(C)C)OC(O)[C@H]4C. The normalized spacial score (nSPS) is 51.8. The Morgan fingerprint density at radius 1 is 1.16 bits per heavy atom. The van der Waals surface area contributed by atoms with Crippen LogP contribution < -0.4 is 0 Å². The molecule has 4 aliphatic rings. The first kappa shape index (κ1) is 23.1. The zero-order valence-electron chi connectivity index (χ0n) is 18.9.